The first kappa shape index (κ1) is 19.5. The molecule has 0 heterocycles. The third-order valence-electron chi connectivity index (χ3n) is 4.12. The van der Waals surface area contributed by atoms with Crippen LogP contribution in [-0.4, -0.2) is 42.8 Å². The van der Waals surface area contributed by atoms with Crippen LogP contribution < -0.4 is 10.6 Å². The zero-order valence-corrected chi connectivity index (χ0v) is 15.7. The normalized spacial score (nSPS) is 18.4. The minimum Gasteiger partial charge on any atom is -0.355 e. The number of nitrogens with zero attached hydrogens (tertiary/aromatic N) is 1. The van der Waals surface area contributed by atoms with Crippen molar-refractivity contribution >= 4 is 46.6 Å². The summed E-state index contributed by atoms with van der Waals surface area (Å²) in [5.41, 5.74) is 0.322. The van der Waals surface area contributed by atoms with E-state index in [1.165, 1.54) is 11.9 Å². The fourth-order valence-corrected chi connectivity index (χ4v) is 2.89. The number of para-hydroxylation sites is 1. The predicted octanol–water partition coefficient (Wildman–Crippen LogP) is 2.55. The summed E-state index contributed by atoms with van der Waals surface area (Å²) in [5, 5.41) is 6.00. The van der Waals surface area contributed by atoms with Crippen molar-refractivity contribution in [1.82, 2.24) is 10.2 Å². The van der Waals surface area contributed by atoms with Gasteiger partial charge in [-0.25, -0.2) is 0 Å². The molecule has 8 heteroatoms. The summed E-state index contributed by atoms with van der Waals surface area (Å²) in [6.07, 6.45) is 1.05. The smallest absolute Gasteiger partial charge is 0.244 e. The van der Waals surface area contributed by atoms with Gasteiger partial charge in [-0.05, 0) is 24.5 Å². The highest BCUT2D eigenvalue weighted by Crippen LogP contribution is 2.37. The van der Waals surface area contributed by atoms with E-state index in [2.05, 4.69) is 10.6 Å². The Kier molecular flexibility index (Phi) is 6.67. The van der Waals surface area contributed by atoms with E-state index in [9.17, 15) is 14.4 Å². The number of carbonyl (C=O) groups excluding carboxylic acids is 3. The molecule has 1 aliphatic rings. The highest BCUT2D eigenvalue weighted by atomic mass is 35.5. The Hall–Kier alpha value is -1.79. The summed E-state index contributed by atoms with van der Waals surface area (Å²) >= 11 is 12.0. The average molecular weight is 386 g/mol. The van der Waals surface area contributed by atoms with Crippen molar-refractivity contribution in [3.8, 4) is 0 Å². The molecule has 0 spiro atoms. The van der Waals surface area contributed by atoms with Crippen LogP contribution in [0.5, 0.6) is 0 Å². The van der Waals surface area contributed by atoms with Crippen molar-refractivity contribution in [2.45, 2.75) is 19.8 Å². The van der Waals surface area contributed by atoms with Crippen LogP contribution in [0.15, 0.2) is 18.2 Å². The minimum absolute atomic E-state index is 0.00550. The maximum absolute atomic E-state index is 12.1. The molecule has 0 saturated heterocycles. The lowest BCUT2D eigenvalue weighted by Gasteiger charge is -2.17. The summed E-state index contributed by atoms with van der Waals surface area (Å²) in [4.78, 5) is 37.1. The minimum atomic E-state index is -0.401. The van der Waals surface area contributed by atoms with Gasteiger partial charge in [-0.1, -0.05) is 36.2 Å². The zero-order valence-electron chi connectivity index (χ0n) is 14.1. The molecule has 0 radical (unpaired) electrons. The number of benzene rings is 1. The van der Waals surface area contributed by atoms with Crippen LogP contribution >= 0.6 is 23.2 Å². The van der Waals surface area contributed by atoms with E-state index in [1.807, 2.05) is 6.92 Å². The molecular formula is C17H21Cl2N3O3. The molecule has 2 rings (SSSR count). The molecule has 1 aromatic rings. The summed E-state index contributed by atoms with van der Waals surface area (Å²) in [5.74, 6) is -0.127. The Bertz CT molecular complexity index is 661. The number of hydrogen-bond acceptors (Lipinski definition) is 3. The van der Waals surface area contributed by atoms with Gasteiger partial charge in [-0.3, -0.25) is 14.4 Å². The standard InChI is InChI=1S/C17H21Cl2N3O3/c1-10-8-11(10)17(25)20-7-6-15(24)22(2)9-14(23)21-16-12(18)4-3-5-13(16)19/h3-5,10-11H,6-9H2,1-2H3,(H,20,25)(H,21,23). The van der Waals surface area contributed by atoms with Gasteiger partial charge in [0.1, 0.15) is 0 Å². The summed E-state index contributed by atoms with van der Waals surface area (Å²) in [7, 11) is 1.53. The summed E-state index contributed by atoms with van der Waals surface area (Å²) in [6.45, 7) is 2.16. The van der Waals surface area contributed by atoms with E-state index in [0.717, 1.165) is 6.42 Å². The fourth-order valence-electron chi connectivity index (χ4n) is 2.40. The molecular weight excluding hydrogens is 365 g/mol. The number of halogens is 2. The van der Waals surface area contributed by atoms with E-state index >= 15 is 0 Å². The number of carbonyl (C=O) groups is 3. The van der Waals surface area contributed by atoms with E-state index in [1.54, 1.807) is 18.2 Å². The van der Waals surface area contributed by atoms with Gasteiger partial charge in [-0.15, -0.1) is 0 Å². The lowest BCUT2D eigenvalue weighted by molar-refractivity contribution is -0.133. The Balaban J connectivity index is 1.74. The molecule has 2 unspecified atom stereocenters. The van der Waals surface area contributed by atoms with Gasteiger partial charge < -0.3 is 15.5 Å². The molecule has 1 fully saturated rings. The van der Waals surface area contributed by atoms with E-state index in [-0.39, 0.29) is 37.2 Å². The topological polar surface area (TPSA) is 78.5 Å². The molecule has 6 nitrogen and oxygen atoms in total. The highest BCUT2D eigenvalue weighted by Gasteiger charge is 2.38. The van der Waals surface area contributed by atoms with Gasteiger partial charge in [-0.2, -0.15) is 0 Å². The lowest BCUT2D eigenvalue weighted by Crippen LogP contribution is -2.37. The number of hydrogen-bond donors (Lipinski definition) is 2. The van der Waals surface area contributed by atoms with Crippen molar-refractivity contribution < 1.29 is 14.4 Å². The summed E-state index contributed by atoms with van der Waals surface area (Å²) < 4.78 is 0. The van der Waals surface area contributed by atoms with E-state index in [0.29, 0.717) is 21.7 Å². The van der Waals surface area contributed by atoms with E-state index in [4.69, 9.17) is 23.2 Å². The van der Waals surface area contributed by atoms with Crippen LogP contribution in [0.2, 0.25) is 10.0 Å². The molecule has 2 atom stereocenters. The second-order valence-electron chi connectivity index (χ2n) is 6.26. The molecule has 0 aromatic heterocycles. The lowest BCUT2D eigenvalue weighted by atomic mass is 10.3. The van der Waals surface area contributed by atoms with Crippen molar-refractivity contribution in [3.63, 3.8) is 0 Å². The van der Waals surface area contributed by atoms with Gasteiger partial charge in [0.15, 0.2) is 0 Å². The Morgan fingerprint density at radius 2 is 1.84 bits per heavy atom. The third-order valence-corrected chi connectivity index (χ3v) is 4.75. The molecule has 0 bridgehead atoms. The molecule has 25 heavy (non-hydrogen) atoms. The number of likely N-dealkylation sites (N-methyl/N-ethyl adjacent to an activating group) is 1. The third kappa shape index (κ3) is 5.61. The number of anilines is 1. The average Bonchev–Trinajstić information content (AvgIpc) is 3.27. The molecule has 1 aliphatic carbocycles. The quantitative estimate of drug-likeness (QED) is 0.756. The molecule has 136 valence electrons. The molecule has 0 aliphatic heterocycles. The van der Waals surface area contributed by atoms with Crippen molar-refractivity contribution in [2.24, 2.45) is 11.8 Å². The monoisotopic (exact) mass is 385 g/mol. The molecule has 2 N–H and O–H groups in total. The van der Waals surface area contributed by atoms with Crippen molar-refractivity contribution in [3.05, 3.63) is 28.2 Å². The maximum atomic E-state index is 12.1. The van der Waals surface area contributed by atoms with Crippen LogP contribution in [0.25, 0.3) is 0 Å². The van der Waals surface area contributed by atoms with Crippen LogP contribution in [0.4, 0.5) is 5.69 Å². The maximum Gasteiger partial charge on any atom is 0.244 e. The SMILES string of the molecule is CC1CC1C(=O)NCCC(=O)N(C)CC(=O)Nc1c(Cl)cccc1Cl. The van der Waals surface area contributed by atoms with Crippen LogP contribution in [-0.2, 0) is 14.4 Å². The van der Waals surface area contributed by atoms with Gasteiger partial charge in [0, 0.05) is 25.9 Å². The van der Waals surface area contributed by atoms with Crippen LogP contribution in [0.1, 0.15) is 19.8 Å². The number of rotatable bonds is 7. The Morgan fingerprint density at radius 1 is 1.24 bits per heavy atom. The summed E-state index contributed by atoms with van der Waals surface area (Å²) in [6, 6.07) is 4.90. The number of amides is 3. The fraction of sp³-hybridized carbons (Fsp3) is 0.471. The van der Waals surface area contributed by atoms with Crippen molar-refractivity contribution in [2.75, 3.05) is 25.5 Å². The van der Waals surface area contributed by atoms with Gasteiger partial charge in [0.25, 0.3) is 0 Å². The molecule has 3 amide bonds. The first-order valence-corrected chi connectivity index (χ1v) is 8.80. The number of nitrogens with one attached hydrogen (secondary N) is 2. The first-order valence-electron chi connectivity index (χ1n) is 8.05. The largest absolute Gasteiger partial charge is 0.355 e. The van der Waals surface area contributed by atoms with Crippen LogP contribution in [0.3, 0.4) is 0 Å². The second kappa shape index (κ2) is 8.54. The van der Waals surface area contributed by atoms with Gasteiger partial charge in [0.05, 0.1) is 22.3 Å². The predicted molar refractivity (Wildman–Crippen MR) is 97.6 cm³/mol. The molecule has 1 aromatic carbocycles. The van der Waals surface area contributed by atoms with Crippen molar-refractivity contribution in [1.29, 1.82) is 0 Å². The first-order chi connectivity index (χ1) is 11.8. The Morgan fingerprint density at radius 3 is 2.40 bits per heavy atom. The molecule has 1 saturated carbocycles. The van der Waals surface area contributed by atoms with Gasteiger partial charge >= 0.3 is 0 Å². The second-order valence-corrected chi connectivity index (χ2v) is 7.07. The van der Waals surface area contributed by atoms with Crippen LogP contribution in [0, 0.1) is 11.8 Å². The zero-order chi connectivity index (χ0) is 18.6. The van der Waals surface area contributed by atoms with E-state index < -0.39 is 5.91 Å². The Labute approximate surface area is 156 Å². The van der Waals surface area contributed by atoms with Gasteiger partial charge in [0.2, 0.25) is 17.7 Å². The highest BCUT2D eigenvalue weighted by molar-refractivity contribution is 6.39.